The number of nitrogens with one attached hydrogen (secondary N) is 1. The van der Waals surface area contributed by atoms with Crippen LogP contribution < -0.4 is 10.2 Å². The summed E-state index contributed by atoms with van der Waals surface area (Å²) in [7, 11) is 0. The second-order valence-electron chi connectivity index (χ2n) is 8.90. The first kappa shape index (κ1) is 23.6. The first-order chi connectivity index (χ1) is 16.5. The maximum absolute atomic E-state index is 12.9. The molecule has 0 spiro atoms. The Morgan fingerprint density at radius 1 is 0.853 bits per heavy atom. The van der Waals surface area contributed by atoms with E-state index in [0.29, 0.717) is 18.7 Å². The molecule has 0 aromatic heterocycles. The van der Waals surface area contributed by atoms with Crippen LogP contribution in [0.25, 0.3) is 0 Å². The number of amides is 2. The van der Waals surface area contributed by atoms with Crippen LogP contribution in [-0.2, 0) is 6.42 Å². The molecule has 0 aliphatic carbocycles. The van der Waals surface area contributed by atoms with E-state index in [1.165, 1.54) is 12.0 Å². The summed E-state index contributed by atoms with van der Waals surface area (Å²) in [6, 6.07) is 23.6. The van der Waals surface area contributed by atoms with Gasteiger partial charge >= 0.3 is 0 Å². The molecule has 1 N–H and O–H groups in total. The average Bonchev–Trinajstić information content (AvgIpc) is 2.88. The molecule has 0 unspecified atom stereocenters. The number of hydrogen-bond donors (Lipinski definition) is 1. The lowest BCUT2D eigenvalue weighted by Crippen LogP contribution is -2.48. The molecule has 3 aromatic rings. The minimum atomic E-state index is -0.0990. The summed E-state index contributed by atoms with van der Waals surface area (Å²) in [4.78, 5) is 29.7. The third kappa shape index (κ3) is 5.66. The summed E-state index contributed by atoms with van der Waals surface area (Å²) < 4.78 is 0. The van der Waals surface area contributed by atoms with E-state index in [0.717, 1.165) is 48.4 Å². The fourth-order valence-electron chi connectivity index (χ4n) is 4.31. The molecule has 0 bridgehead atoms. The van der Waals surface area contributed by atoms with Crippen molar-refractivity contribution in [3.05, 3.63) is 95.1 Å². The molecule has 5 nitrogen and oxygen atoms in total. The van der Waals surface area contributed by atoms with Crippen molar-refractivity contribution >= 4 is 23.2 Å². The first-order valence-electron chi connectivity index (χ1n) is 12.2. The largest absolute Gasteiger partial charge is 0.368 e. The molecule has 34 heavy (non-hydrogen) atoms. The average molecular weight is 456 g/mol. The van der Waals surface area contributed by atoms with Crippen LogP contribution >= 0.6 is 0 Å². The molecule has 4 rings (SSSR count). The standard InChI is InChI=1S/C29H33N3O2/c1-3-4-8-23-10-12-24(13-11-23)28(33)30-25-14-16-26(17-15-25)31-18-20-32(21-19-31)29(34)27-9-6-5-7-22(27)2/h5-7,9-17H,3-4,8,18-21H2,1-2H3,(H,30,33). The van der Waals surface area contributed by atoms with E-state index in [9.17, 15) is 9.59 Å². The van der Waals surface area contributed by atoms with Gasteiger partial charge in [0.05, 0.1) is 0 Å². The molecule has 0 saturated carbocycles. The fourth-order valence-corrected chi connectivity index (χ4v) is 4.31. The zero-order chi connectivity index (χ0) is 23.9. The number of carbonyl (C=O) groups excluding carboxylic acids is 2. The summed E-state index contributed by atoms with van der Waals surface area (Å²) in [5.74, 6) is 0.00679. The van der Waals surface area contributed by atoms with Crippen molar-refractivity contribution in [2.75, 3.05) is 36.4 Å². The molecule has 2 amide bonds. The van der Waals surface area contributed by atoms with Gasteiger partial charge in [-0.1, -0.05) is 43.7 Å². The summed E-state index contributed by atoms with van der Waals surface area (Å²) in [5, 5.41) is 2.99. The smallest absolute Gasteiger partial charge is 0.255 e. The van der Waals surface area contributed by atoms with Gasteiger partial charge in [-0.05, 0) is 73.4 Å². The van der Waals surface area contributed by atoms with E-state index in [-0.39, 0.29) is 11.8 Å². The number of carbonyl (C=O) groups is 2. The lowest BCUT2D eigenvalue weighted by molar-refractivity contribution is 0.0746. The molecule has 3 aromatic carbocycles. The van der Waals surface area contributed by atoms with Crippen molar-refractivity contribution in [1.29, 1.82) is 0 Å². The van der Waals surface area contributed by atoms with E-state index in [1.54, 1.807) is 0 Å². The lowest BCUT2D eigenvalue weighted by Gasteiger charge is -2.36. The topological polar surface area (TPSA) is 52.7 Å². The van der Waals surface area contributed by atoms with E-state index < -0.39 is 0 Å². The van der Waals surface area contributed by atoms with Gasteiger partial charge in [-0.15, -0.1) is 0 Å². The molecule has 176 valence electrons. The highest BCUT2D eigenvalue weighted by molar-refractivity contribution is 6.04. The second kappa shape index (κ2) is 11.0. The zero-order valence-corrected chi connectivity index (χ0v) is 20.1. The Hall–Kier alpha value is -3.60. The predicted molar refractivity (Wildman–Crippen MR) is 139 cm³/mol. The number of piperazine rings is 1. The van der Waals surface area contributed by atoms with Crippen LogP contribution in [-0.4, -0.2) is 42.9 Å². The Bertz CT molecular complexity index is 1110. The summed E-state index contributed by atoms with van der Waals surface area (Å²) >= 11 is 0. The zero-order valence-electron chi connectivity index (χ0n) is 20.1. The second-order valence-corrected chi connectivity index (χ2v) is 8.90. The van der Waals surface area contributed by atoms with Crippen LogP contribution in [0.2, 0.25) is 0 Å². The molecule has 1 aliphatic rings. The number of benzene rings is 3. The molecular weight excluding hydrogens is 422 g/mol. The van der Waals surface area contributed by atoms with Gasteiger partial charge < -0.3 is 15.1 Å². The van der Waals surface area contributed by atoms with Crippen LogP contribution in [0.15, 0.2) is 72.8 Å². The molecule has 5 heteroatoms. The molecule has 1 fully saturated rings. The quantitative estimate of drug-likeness (QED) is 0.508. The molecule has 1 aliphatic heterocycles. The van der Waals surface area contributed by atoms with Crippen molar-refractivity contribution in [2.24, 2.45) is 0 Å². The third-order valence-corrected chi connectivity index (χ3v) is 6.47. The van der Waals surface area contributed by atoms with Crippen LogP contribution in [0.1, 0.15) is 51.6 Å². The highest BCUT2D eigenvalue weighted by atomic mass is 16.2. The number of anilines is 2. The Kier molecular flexibility index (Phi) is 7.63. The van der Waals surface area contributed by atoms with Crippen molar-refractivity contribution in [2.45, 2.75) is 33.1 Å². The van der Waals surface area contributed by atoms with E-state index in [4.69, 9.17) is 0 Å². The molecule has 1 saturated heterocycles. The van der Waals surface area contributed by atoms with Gasteiger partial charge in [0.2, 0.25) is 0 Å². The maximum atomic E-state index is 12.9. The highest BCUT2D eigenvalue weighted by Gasteiger charge is 2.23. The number of unbranched alkanes of at least 4 members (excludes halogenated alkanes) is 1. The fraction of sp³-hybridized carbons (Fsp3) is 0.310. The van der Waals surface area contributed by atoms with Crippen LogP contribution in [0.4, 0.5) is 11.4 Å². The van der Waals surface area contributed by atoms with Crippen molar-refractivity contribution < 1.29 is 9.59 Å². The van der Waals surface area contributed by atoms with Crippen molar-refractivity contribution in [3.8, 4) is 0 Å². The summed E-state index contributed by atoms with van der Waals surface area (Å²) in [5.41, 5.74) is 5.60. The van der Waals surface area contributed by atoms with Crippen LogP contribution in [0.3, 0.4) is 0 Å². The number of hydrogen-bond acceptors (Lipinski definition) is 3. The minimum Gasteiger partial charge on any atom is -0.368 e. The molecular formula is C29H33N3O2. The Labute approximate surface area is 202 Å². The van der Waals surface area contributed by atoms with E-state index in [1.807, 2.05) is 84.6 Å². The summed E-state index contributed by atoms with van der Waals surface area (Å²) in [6.07, 6.45) is 3.38. The van der Waals surface area contributed by atoms with Gasteiger partial charge in [0, 0.05) is 48.7 Å². The van der Waals surface area contributed by atoms with Gasteiger partial charge in [-0.2, -0.15) is 0 Å². The number of rotatable bonds is 7. The van der Waals surface area contributed by atoms with Crippen molar-refractivity contribution in [3.63, 3.8) is 0 Å². The van der Waals surface area contributed by atoms with Crippen LogP contribution in [0.5, 0.6) is 0 Å². The third-order valence-electron chi connectivity index (χ3n) is 6.47. The SMILES string of the molecule is CCCCc1ccc(C(=O)Nc2ccc(N3CCN(C(=O)c4ccccc4C)CC3)cc2)cc1. The molecule has 1 heterocycles. The van der Waals surface area contributed by atoms with Gasteiger partial charge in [0.25, 0.3) is 11.8 Å². The highest BCUT2D eigenvalue weighted by Crippen LogP contribution is 2.21. The monoisotopic (exact) mass is 455 g/mol. The number of nitrogens with zero attached hydrogens (tertiary/aromatic N) is 2. The van der Waals surface area contributed by atoms with Gasteiger partial charge in [0.15, 0.2) is 0 Å². The molecule has 0 radical (unpaired) electrons. The Balaban J connectivity index is 1.30. The Morgan fingerprint density at radius 2 is 1.53 bits per heavy atom. The van der Waals surface area contributed by atoms with Crippen molar-refractivity contribution in [1.82, 2.24) is 4.90 Å². The lowest BCUT2D eigenvalue weighted by atomic mass is 10.1. The van der Waals surface area contributed by atoms with Gasteiger partial charge in [-0.3, -0.25) is 9.59 Å². The van der Waals surface area contributed by atoms with E-state index in [2.05, 4.69) is 17.1 Å². The van der Waals surface area contributed by atoms with Gasteiger partial charge in [-0.25, -0.2) is 0 Å². The van der Waals surface area contributed by atoms with Crippen LogP contribution in [0, 0.1) is 6.92 Å². The first-order valence-corrected chi connectivity index (χ1v) is 12.2. The molecule has 0 atom stereocenters. The summed E-state index contributed by atoms with van der Waals surface area (Å²) in [6.45, 7) is 7.12. The number of aryl methyl sites for hydroxylation is 2. The Morgan fingerprint density at radius 3 is 2.18 bits per heavy atom. The predicted octanol–water partition coefficient (Wildman–Crippen LogP) is 5.55. The minimum absolute atomic E-state index is 0.0990. The van der Waals surface area contributed by atoms with E-state index >= 15 is 0 Å². The normalized spacial score (nSPS) is 13.6. The maximum Gasteiger partial charge on any atom is 0.255 e. The van der Waals surface area contributed by atoms with Gasteiger partial charge in [0.1, 0.15) is 0 Å².